The quantitative estimate of drug-likeness (QED) is 0.667. The van der Waals surface area contributed by atoms with Gasteiger partial charge >= 0.3 is 11.6 Å². The number of carboxylic acids is 1. The lowest BCUT2D eigenvalue weighted by atomic mass is 10.1. The molecule has 0 aliphatic carbocycles. The SMILES string of the molecule is COc1cc(/C(C)=C/C(C)=C\C(=O)O)oc(=O)c1C. The van der Waals surface area contributed by atoms with Crippen LogP contribution in [-0.4, -0.2) is 18.2 Å². The molecule has 0 aliphatic heterocycles. The largest absolute Gasteiger partial charge is 0.496 e. The van der Waals surface area contributed by atoms with Gasteiger partial charge in [-0.15, -0.1) is 0 Å². The van der Waals surface area contributed by atoms with Crippen molar-refractivity contribution in [1.29, 1.82) is 0 Å². The fourth-order valence-corrected chi connectivity index (χ4v) is 1.59. The average Bonchev–Trinajstić information content (AvgIpc) is 2.31. The number of carboxylic acid groups (broad SMARTS) is 1. The lowest BCUT2D eigenvalue weighted by Gasteiger charge is -2.06. The van der Waals surface area contributed by atoms with Gasteiger partial charge < -0.3 is 14.3 Å². The van der Waals surface area contributed by atoms with Crippen LogP contribution in [0.3, 0.4) is 0 Å². The van der Waals surface area contributed by atoms with Crippen LogP contribution in [0.4, 0.5) is 0 Å². The zero-order valence-corrected chi connectivity index (χ0v) is 11.3. The van der Waals surface area contributed by atoms with Gasteiger partial charge in [0.25, 0.3) is 0 Å². The van der Waals surface area contributed by atoms with E-state index >= 15 is 0 Å². The van der Waals surface area contributed by atoms with E-state index in [1.54, 1.807) is 32.9 Å². The highest BCUT2D eigenvalue weighted by atomic mass is 16.5. The summed E-state index contributed by atoms with van der Waals surface area (Å²) in [6.45, 7) is 5.00. The Bertz CT molecular complexity index is 605. The molecule has 0 aliphatic rings. The van der Waals surface area contributed by atoms with Crippen molar-refractivity contribution < 1.29 is 19.1 Å². The van der Waals surface area contributed by atoms with Gasteiger partial charge in [-0.3, -0.25) is 0 Å². The van der Waals surface area contributed by atoms with Crippen LogP contribution >= 0.6 is 0 Å². The number of carbonyl (C=O) groups is 1. The zero-order chi connectivity index (χ0) is 14.6. The second kappa shape index (κ2) is 6.04. The van der Waals surface area contributed by atoms with Crippen LogP contribution < -0.4 is 10.4 Å². The highest BCUT2D eigenvalue weighted by Gasteiger charge is 2.09. The smallest absolute Gasteiger partial charge is 0.342 e. The van der Waals surface area contributed by atoms with Crippen molar-refractivity contribution in [2.45, 2.75) is 20.8 Å². The third-order valence-electron chi connectivity index (χ3n) is 2.54. The molecule has 0 atom stereocenters. The third-order valence-corrected chi connectivity index (χ3v) is 2.54. The van der Waals surface area contributed by atoms with Gasteiger partial charge in [0.2, 0.25) is 0 Å². The third kappa shape index (κ3) is 3.84. The van der Waals surface area contributed by atoms with Crippen LogP contribution in [0.1, 0.15) is 25.2 Å². The normalized spacial score (nSPS) is 12.4. The molecule has 0 radical (unpaired) electrons. The van der Waals surface area contributed by atoms with E-state index in [1.807, 2.05) is 0 Å². The van der Waals surface area contributed by atoms with Crippen LogP contribution in [0.2, 0.25) is 0 Å². The van der Waals surface area contributed by atoms with Gasteiger partial charge in [0.15, 0.2) is 0 Å². The molecule has 1 aromatic rings. The molecule has 1 heterocycles. The molecule has 0 bridgehead atoms. The lowest BCUT2D eigenvalue weighted by Crippen LogP contribution is -2.06. The lowest BCUT2D eigenvalue weighted by molar-refractivity contribution is -0.131. The standard InChI is InChI=1S/C14H16O5/c1-8(6-13(15)16)5-9(2)11-7-12(18-4)10(3)14(17)19-11/h5-7H,1-4H3,(H,15,16)/b8-6-,9-5+. The predicted octanol–water partition coefficient (Wildman–Crippen LogP) is 2.39. The van der Waals surface area contributed by atoms with E-state index < -0.39 is 11.6 Å². The molecule has 0 aromatic carbocycles. The second-order valence-electron chi connectivity index (χ2n) is 4.15. The molecule has 0 spiro atoms. The van der Waals surface area contributed by atoms with E-state index in [2.05, 4.69) is 0 Å². The molecule has 0 amide bonds. The summed E-state index contributed by atoms with van der Waals surface area (Å²) < 4.78 is 10.2. The van der Waals surface area contributed by atoms with Crippen LogP contribution in [0.15, 0.2) is 33.0 Å². The van der Waals surface area contributed by atoms with E-state index in [0.29, 0.717) is 28.2 Å². The summed E-state index contributed by atoms with van der Waals surface area (Å²) in [4.78, 5) is 22.1. The molecule has 0 unspecified atom stereocenters. The number of ether oxygens (including phenoxy) is 1. The van der Waals surface area contributed by atoms with E-state index in [4.69, 9.17) is 14.3 Å². The van der Waals surface area contributed by atoms with Crippen molar-refractivity contribution in [3.8, 4) is 5.75 Å². The molecule has 0 saturated carbocycles. The fourth-order valence-electron chi connectivity index (χ4n) is 1.59. The van der Waals surface area contributed by atoms with Crippen molar-refractivity contribution in [2.24, 2.45) is 0 Å². The highest BCUT2D eigenvalue weighted by Crippen LogP contribution is 2.21. The highest BCUT2D eigenvalue weighted by molar-refractivity contribution is 5.82. The van der Waals surface area contributed by atoms with Gasteiger partial charge in [-0.2, -0.15) is 0 Å². The number of aliphatic carboxylic acids is 1. The van der Waals surface area contributed by atoms with Gasteiger partial charge in [0.1, 0.15) is 11.5 Å². The molecular weight excluding hydrogens is 248 g/mol. The first-order chi connectivity index (χ1) is 8.85. The molecule has 1 N–H and O–H groups in total. The van der Waals surface area contributed by atoms with E-state index in [9.17, 15) is 9.59 Å². The molecular formula is C14H16O5. The Hall–Kier alpha value is -2.30. The van der Waals surface area contributed by atoms with Crippen molar-refractivity contribution in [1.82, 2.24) is 0 Å². The van der Waals surface area contributed by atoms with E-state index in [1.165, 1.54) is 7.11 Å². The van der Waals surface area contributed by atoms with Crippen LogP contribution in [0, 0.1) is 6.92 Å². The predicted molar refractivity (Wildman–Crippen MR) is 71.3 cm³/mol. The molecule has 102 valence electrons. The molecule has 1 aromatic heterocycles. The van der Waals surface area contributed by atoms with Crippen LogP contribution in [-0.2, 0) is 4.79 Å². The molecule has 5 heteroatoms. The first-order valence-corrected chi connectivity index (χ1v) is 5.63. The summed E-state index contributed by atoms with van der Waals surface area (Å²) in [5, 5.41) is 8.63. The maximum atomic E-state index is 11.6. The Morgan fingerprint density at radius 2 is 2.00 bits per heavy atom. The maximum absolute atomic E-state index is 11.6. The Kier molecular flexibility index (Phi) is 4.69. The van der Waals surface area contributed by atoms with Crippen molar-refractivity contribution in [3.63, 3.8) is 0 Å². The second-order valence-corrected chi connectivity index (χ2v) is 4.15. The Morgan fingerprint density at radius 3 is 2.53 bits per heavy atom. The zero-order valence-electron chi connectivity index (χ0n) is 11.3. The van der Waals surface area contributed by atoms with Gasteiger partial charge in [-0.25, -0.2) is 9.59 Å². The van der Waals surface area contributed by atoms with Crippen LogP contribution in [0.25, 0.3) is 5.57 Å². The summed E-state index contributed by atoms with van der Waals surface area (Å²) in [5.41, 5.74) is 1.12. The summed E-state index contributed by atoms with van der Waals surface area (Å²) >= 11 is 0. The first kappa shape index (κ1) is 14.8. The average molecular weight is 264 g/mol. The number of allylic oxidation sites excluding steroid dienone is 3. The van der Waals surface area contributed by atoms with Gasteiger partial charge in [-0.1, -0.05) is 6.08 Å². The molecule has 5 nitrogen and oxygen atoms in total. The van der Waals surface area contributed by atoms with Gasteiger partial charge in [0.05, 0.1) is 12.7 Å². The van der Waals surface area contributed by atoms with Gasteiger partial charge in [0, 0.05) is 12.1 Å². The topological polar surface area (TPSA) is 76.7 Å². The summed E-state index contributed by atoms with van der Waals surface area (Å²) in [5.74, 6) is -0.228. The monoisotopic (exact) mass is 264 g/mol. The Morgan fingerprint density at radius 1 is 1.37 bits per heavy atom. The molecule has 0 saturated heterocycles. The Balaban J connectivity index is 3.24. The molecule has 19 heavy (non-hydrogen) atoms. The number of rotatable bonds is 4. The number of hydrogen-bond acceptors (Lipinski definition) is 4. The minimum atomic E-state index is -1.02. The fraction of sp³-hybridized carbons (Fsp3) is 0.286. The van der Waals surface area contributed by atoms with E-state index in [0.717, 1.165) is 6.08 Å². The van der Waals surface area contributed by atoms with Crippen LogP contribution in [0.5, 0.6) is 5.75 Å². The minimum Gasteiger partial charge on any atom is -0.496 e. The summed E-state index contributed by atoms with van der Waals surface area (Å²) in [6, 6.07) is 1.61. The summed E-state index contributed by atoms with van der Waals surface area (Å²) in [7, 11) is 1.47. The molecule has 0 fully saturated rings. The first-order valence-electron chi connectivity index (χ1n) is 5.63. The molecule has 1 rings (SSSR count). The minimum absolute atomic E-state index is 0.352. The van der Waals surface area contributed by atoms with Crippen molar-refractivity contribution in [3.05, 3.63) is 45.5 Å². The maximum Gasteiger partial charge on any atom is 0.342 e. The summed E-state index contributed by atoms with van der Waals surface area (Å²) in [6.07, 6.45) is 2.70. The van der Waals surface area contributed by atoms with Crippen molar-refractivity contribution >= 4 is 11.5 Å². The van der Waals surface area contributed by atoms with Gasteiger partial charge in [-0.05, 0) is 31.9 Å². The Labute approximate surface area is 110 Å². The van der Waals surface area contributed by atoms with Crippen molar-refractivity contribution in [2.75, 3.05) is 7.11 Å². The number of methoxy groups -OCH3 is 1. The number of hydrogen-bond donors (Lipinski definition) is 1. The van der Waals surface area contributed by atoms with E-state index in [-0.39, 0.29) is 0 Å².